The van der Waals surface area contributed by atoms with E-state index >= 15 is 0 Å². The summed E-state index contributed by atoms with van der Waals surface area (Å²) in [5.41, 5.74) is 7.02. The second-order valence-electron chi connectivity index (χ2n) is 2.90. The third-order valence-corrected chi connectivity index (χ3v) is 2.12. The first-order valence-electron chi connectivity index (χ1n) is 4.22. The van der Waals surface area contributed by atoms with Crippen LogP contribution in [0.2, 0.25) is 5.15 Å². The van der Waals surface area contributed by atoms with E-state index in [0.717, 1.165) is 11.3 Å². The normalized spacial score (nSPS) is 10.3. The number of pyridine rings is 1. The van der Waals surface area contributed by atoms with Crippen molar-refractivity contribution in [3.63, 3.8) is 0 Å². The molecule has 2 rings (SSSR count). The fraction of sp³-hybridized carbons (Fsp3) is 0.111. The molecule has 0 saturated heterocycles. The van der Waals surface area contributed by atoms with Crippen LogP contribution in [-0.4, -0.2) is 22.3 Å². The quantitative estimate of drug-likeness (QED) is 0.762. The predicted molar refractivity (Wildman–Crippen MR) is 57.8 cm³/mol. The average molecular weight is 225 g/mol. The van der Waals surface area contributed by atoms with Gasteiger partial charge in [-0.15, -0.1) is 0 Å². The predicted octanol–water partition coefficient (Wildman–Crippen LogP) is 1.72. The number of nitrogens with one attached hydrogen (secondary N) is 1. The third-order valence-electron chi connectivity index (χ3n) is 1.91. The van der Waals surface area contributed by atoms with Gasteiger partial charge in [0.1, 0.15) is 11.0 Å². The van der Waals surface area contributed by atoms with E-state index in [1.54, 1.807) is 18.2 Å². The van der Waals surface area contributed by atoms with Crippen LogP contribution in [0.5, 0.6) is 5.88 Å². The van der Waals surface area contributed by atoms with Crippen LogP contribution in [0.1, 0.15) is 0 Å². The lowest BCUT2D eigenvalue weighted by Crippen LogP contribution is -1.91. The number of hydrogen-bond acceptors (Lipinski definition) is 4. The number of aromatic nitrogens is 3. The lowest BCUT2D eigenvalue weighted by Gasteiger charge is -2.04. The monoisotopic (exact) mass is 224 g/mol. The van der Waals surface area contributed by atoms with Crippen LogP contribution in [-0.2, 0) is 0 Å². The number of methoxy groups -OCH3 is 1. The number of anilines is 1. The topological polar surface area (TPSA) is 76.8 Å². The lowest BCUT2D eigenvalue weighted by atomic mass is 10.2. The number of nitrogens with zero attached hydrogens (tertiary/aromatic N) is 2. The molecule has 78 valence electrons. The molecule has 6 heteroatoms. The Morgan fingerprint density at radius 3 is 2.87 bits per heavy atom. The molecule has 0 bridgehead atoms. The van der Waals surface area contributed by atoms with Crippen molar-refractivity contribution in [2.24, 2.45) is 0 Å². The van der Waals surface area contributed by atoms with Gasteiger partial charge in [-0.05, 0) is 12.1 Å². The average Bonchev–Trinajstić information content (AvgIpc) is 2.64. The maximum Gasteiger partial charge on any atom is 0.224 e. The van der Waals surface area contributed by atoms with Crippen molar-refractivity contribution in [3.05, 3.63) is 23.4 Å². The van der Waals surface area contributed by atoms with Gasteiger partial charge in [-0.2, -0.15) is 5.10 Å². The number of rotatable bonds is 2. The summed E-state index contributed by atoms with van der Waals surface area (Å²) < 4.78 is 5.11. The van der Waals surface area contributed by atoms with Gasteiger partial charge in [0.15, 0.2) is 0 Å². The van der Waals surface area contributed by atoms with Crippen molar-refractivity contribution in [3.8, 4) is 17.1 Å². The van der Waals surface area contributed by atoms with Crippen molar-refractivity contribution < 1.29 is 4.74 Å². The van der Waals surface area contributed by atoms with E-state index in [1.807, 2.05) is 0 Å². The third kappa shape index (κ3) is 1.87. The van der Waals surface area contributed by atoms with Crippen LogP contribution in [0.15, 0.2) is 18.2 Å². The van der Waals surface area contributed by atoms with Gasteiger partial charge >= 0.3 is 0 Å². The summed E-state index contributed by atoms with van der Waals surface area (Å²) in [5, 5.41) is 6.98. The Kier molecular flexibility index (Phi) is 2.47. The molecule has 2 aromatic rings. The highest BCUT2D eigenvalue weighted by atomic mass is 35.5. The smallest absolute Gasteiger partial charge is 0.224 e. The lowest BCUT2D eigenvalue weighted by molar-refractivity contribution is 0.399. The maximum atomic E-state index is 5.75. The summed E-state index contributed by atoms with van der Waals surface area (Å²) in [6.45, 7) is 0. The highest BCUT2D eigenvalue weighted by Gasteiger charge is 2.09. The van der Waals surface area contributed by atoms with E-state index in [1.165, 1.54) is 7.11 Å². The van der Waals surface area contributed by atoms with Crippen LogP contribution >= 0.6 is 11.6 Å². The van der Waals surface area contributed by atoms with Gasteiger partial charge in [-0.3, -0.25) is 5.10 Å². The van der Waals surface area contributed by atoms with Gasteiger partial charge in [-0.25, -0.2) is 4.98 Å². The van der Waals surface area contributed by atoms with Crippen molar-refractivity contribution >= 4 is 17.4 Å². The van der Waals surface area contributed by atoms with Gasteiger partial charge < -0.3 is 10.5 Å². The second kappa shape index (κ2) is 3.78. The van der Waals surface area contributed by atoms with Crippen molar-refractivity contribution in [1.82, 2.24) is 15.2 Å². The molecule has 0 fully saturated rings. The van der Waals surface area contributed by atoms with E-state index in [9.17, 15) is 0 Å². The Hall–Kier alpha value is -1.75. The van der Waals surface area contributed by atoms with Crippen molar-refractivity contribution in [1.29, 1.82) is 0 Å². The highest BCUT2D eigenvalue weighted by molar-refractivity contribution is 6.29. The Morgan fingerprint density at radius 2 is 2.27 bits per heavy atom. The summed E-state index contributed by atoms with van der Waals surface area (Å²) in [6, 6.07) is 5.17. The van der Waals surface area contributed by atoms with Gasteiger partial charge in [0.25, 0.3) is 0 Å². The van der Waals surface area contributed by atoms with Gasteiger partial charge in [0.05, 0.1) is 18.4 Å². The molecular formula is C9H9ClN4O. The molecule has 0 atom stereocenters. The molecule has 2 aromatic heterocycles. The first-order chi connectivity index (χ1) is 7.20. The summed E-state index contributed by atoms with van der Waals surface area (Å²) in [5.74, 6) is 0.855. The first kappa shape index (κ1) is 9.79. The molecular weight excluding hydrogens is 216 g/mol. The zero-order valence-electron chi connectivity index (χ0n) is 7.99. The van der Waals surface area contributed by atoms with Crippen LogP contribution in [0.3, 0.4) is 0 Å². The summed E-state index contributed by atoms with van der Waals surface area (Å²) in [7, 11) is 1.53. The summed E-state index contributed by atoms with van der Waals surface area (Å²) >= 11 is 5.75. The summed E-state index contributed by atoms with van der Waals surface area (Å²) in [6.07, 6.45) is 0. The molecule has 15 heavy (non-hydrogen) atoms. The maximum absolute atomic E-state index is 5.75. The largest absolute Gasteiger partial charge is 0.480 e. The van der Waals surface area contributed by atoms with Crippen LogP contribution < -0.4 is 10.5 Å². The molecule has 0 saturated carbocycles. The zero-order valence-corrected chi connectivity index (χ0v) is 8.75. The first-order valence-corrected chi connectivity index (χ1v) is 4.60. The minimum atomic E-state index is 0.378. The van der Waals surface area contributed by atoms with Crippen LogP contribution in [0, 0.1) is 0 Å². The van der Waals surface area contributed by atoms with Gasteiger partial charge in [0.2, 0.25) is 5.88 Å². The molecule has 0 amide bonds. The number of hydrogen-bond donors (Lipinski definition) is 2. The van der Waals surface area contributed by atoms with Gasteiger partial charge in [0, 0.05) is 6.07 Å². The Bertz CT molecular complexity index is 483. The Balaban J connectivity index is 2.52. The SMILES string of the molecule is COc1nc(Cl)ccc1-c1cc(N)n[nH]1. The molecule has 2 heterocycles. The van der Waals surface area contributed by atoms with Crippen molar-refractivity contribution in [2.45, 2.75) is 0 Å². The van der Waals surface area contributed by atoms with Crippen molar-refractivity contribution in [2.75, 3.05) is 12.8 Å². The number of nitrogen functional groups attached to an aromatic ring is 1. The molecule has 5 nitrogen and oxygen atoms in total. The molecule has 0 unspecified atom stereocenters. The second-order valence-corrected chi connectivity index (χ2v) is 3.28. The van der Waals surface area contributed by atoms with E-state index in [4.69, 9.17) is 22.1 Å². The molecule has 0 aromatic carbocycles. The fourth-order valence-electron chi connectivity index (χ4n) is 1.25. The summed E-state index contributed by atoms with van der Waals surface area (Å²) in [4.78, 5) is 4.03. The molecule has 3 N–H and O–H groups in total. The Labute approximate surface area is 91.2 Å². The van der Waals surface area contributed by atoms with E-state index in [-0.39, 0.29) is 0 Å². The molecule has 0 aliphatic rings. The molecule has 0 radical (unpaired) electrons. The Morgan fingerprint density at radius 1 is 1.47 bits per heavy atom. The van der Waals surface area contributed by atoms with Crippen LogP contribution in [0.4, 0.5) is 5.82 Å². The molecule has 0 aliphatic heterocycles. The van der Waals surface area contributed by atoms with E-state index in [0.29, 0.717) is 16.9 Å². The van der Waals surface area contributed by atoms with Gasteiger partial charge in [-0.1, -0.05) is 11.6 Å². The molecule has 0 aliphatic carbocycles. The van der Waals surface area contributed by atoms with Crippen LogP contribution in [0.25, 0.3) is 11.3 Å². The minimum Gasteiger partial charge on any atom is -0.480 e. The van der Waals surface area contributed by atoms with E-state index in [2.05, 4.69) is 15.2 Å². The number of ether oxygens (including phenoxy) is 1. The zero-order chi connectivity index (χ0) is 10.8. The minimum absolute atomic E-state index is 0.378. The fourth-order valence-corrected chi connectivity index (χ4v) is 1.39. The number of aromatic amines is 1. The standard InChI is InChI=1S/C9H9ClN4O/c1-15-9-5(2-3-7(10)12-9)6-4-8(11)14-13-6/h2-4H,1H3,(H3,11,13,14). The number of H-pyrrole nitrogens is 1. The molecule has 0 spiro atoms. The highest BCUT2D eigenvalue weighted by Crippen LogP contribution is 2.28. The number of halogens is 1. The van der Waals surface area contributed by atoms with E-state index < -0.39 is 0 Å². The number of nitrogens with two attached hydrogens (primary N) is 1.